The van der Waals surface area contributed by atoms with Crippen molar-refractivity contribution in [2.45, 2.75) is 11.8 Å². The van der Waals surface area contributed by atoms with Crippen molar-refractivity contribution in [2.75, 3.05) is 0 Å². The molecule has 4 nitrogen and oxygen atoms in total. The van der Waals surface area contributed by atoms with Crippen LogP contribution in [0.3, 0.4) is 0 Å². The molecule has 0 spiro atoms. The number of hydrogen-bond acceptors (Lipinski definition) is 4. The van der Waals surface area contributed by atoms with Gasteiger partial charge in [0.25, 0.3) is 6.43 Å². The molecule has 0 aliphatic heterocycles. The molecule has 1 heterocycles. The highest BCUT2D eigenvalue weighted by atomic mass is 79.9. The summed E-state index contributed by atoms with van der Waals surface area (Å²) in [4.78, 5) is 19.1. The SMILES string of the molecule is O=C(Oc1c(C(F)F)cc(CBr)c(Cl)c1F)c1cnccn1. The van der Waals surface area contributed by atoms with Crippen LogP contribution < -0.4 is 4.74 Å². The number of nitrogens with zero attached hydrogens (tertiary/aromatic N) is 2. The molecule has 0 aliphatic carbocycles. The van der Waals surface area contributed by atoms with E-state index in [1.807, 2.05) is 0 Å². The first kappa shape index (κ1) is 16.7. The van der Waals surface area contributed by atoms with E-state index in [2.05, 4.69) is 25.9 Å². The normalized spacial score (nSPS) is 10.8. The van der Waals surface area contributed by atoms with Crippen LogP contribution in [0.15, 0.2) is 24.7 Å². The lowest BCUT2D eigenvalue weighted by atomic mass is 10.1. The molecule has 9 heteroatoms. The Hall–Kier alpha value is -1.67. The molecule has 0 fully saturated rings. The van der Waals surface area contributed by atoms with E-state index in [4.69, 9.17) is 16.3 Å². The van der Waals surface area contributed by atoms with Gasteiger partial charge in [-0.25, -0.2) is 22.9 Å². The third kappa shape index (κ3) is 3.38. The van der Waals surface area contributed by atoms with Crippen molar-refractivity contribution in [2.24, 2.45) is 0 Å². The molecule has 1 aromatic heterocycles. The lowest BCUT2D eigenvalue weighted by Gasteiger charge is -2.13. The zero-order valence-corrected chi connectivity index (χ0v) is 13.0. The van der Waals surface area contributed by atoms with Crippen LogP contribution in [0.4, 0.5) is 13.2 Å². The number of aromatic nitrogens is 2. The van der Waals surface area contributed by atoms with Crippen LogP contribution in [0.2, 0.25) is 5.02 Å². The van der Waals surface area contributed by atoms with Gasteiger partial charge in [-0.2, -0.15) is 0 Å². The number of alkyl halides is 3. The van der Waals surface area contributed by atoms with Gasteiger partial charge in [-0.3, -0.25) is 4.98 Å². The second-order valence-electron chi connectivity index (χ2n) is 4.00. The summed E-state index contributed by atoms with van der Waals surface area (Å²) in [5, 5.41) is -0.329. The van der Waals surface area contributed by atoms with Gasteiger partial charge in [-0.05, 0) is 11.6 Å². The van der Waals surface area contributed by atoms with E-state index < -0.39 is 34.5 Å². The van der Waals surface area contributed by atoms with Crippen LogP contribution in [0.25, 0.3) is 0 Å². The second kappa shape index (κ2) is 7.06. The van der Waals surface area contributed by atoms with Crippen molar-refractivity contribution in [3.05, 3.63) is 52.3 Å². The fourth-order valence-electron chi connectivity index (χ4n) is 1.60. The van der Waals surface area contributed by atoms with E-state index in [9.17, 15) is 18.0 Å². The first-order valence-electron chi connectivity index (χ1n) is 5.78. The Morgan fingerprint density at radius 1 is 1.41 bits per heavy atom. The molecular formula is C13H7BrClF3N2O2. The molecule has 0 bridgehead atoms. The van der Waals surface area contributed by atoms with Crippen molar-refractivity contribution in [1.29, 1.82) is 0 Å². The van der Waals surface area contributed by atoms with Gasteiger partial charge in [0.15, 0.2) is 17.3 Å². The first-order chi connectivity index (χ1) is 10.5. The smallest absolute Gasteiger partial charge is 0.364 e. The van der Waals surface area contributed by atoms with Crippen molar-refractivity contribution in [3.8, 4) is 5.75 Å². The van der Waals surface area contributed by atoms with E-state index in [1.54, 1.807) is 0 Å². The zero-order valence-electron chi connectivity index (χ0n) is 10.7. The van der Waals surface area contributed by atoms with Crippen molar-refractivity contribution < 1.29 is 22.7 Å². The molecular weight excluding hydrogens is 389 g/mol. The molecule has 0 saturated carbocycles. The van der Waals surface area contributed by atoms with E-state index in [1.165, 1.54) is 12.4 Å². The third-order valence-corrected chi connectivity index (χ3v) is 3.62. The minimum absolute atomic E-state index is 0.0703. The maximum absolute atomic E-state index is 14.1. The van der Waals surface area contributed by atoms with E-state index >= 15 is 0 Å². The van der Waals surface area contributed by atoms with Crippen molar-refractivity contribution in [1.82, 2.24) is 9.97 Å². The van der Waals surface area contributed by atoms with Gasteiger partial charge in [0.1, 0.15) is 0 Å². The van der Waals surface area contributed by atoms with Gasteiger partial charge in [-0.1, -0.05) is 27.5 Å². The predicted molar refractivity (Wildman–Crippen MR) is 76.0 cm³/mol. The molecule has 2 aromatic rings. The average Bonchev–Trinajstić information content (AvgIpc) is 2.52. The summed E-state index contributed by atoms with van der Waals surface area (Å²) in [6.45, 7) is 0. The summed E-state index contributed by atoms with van der Waals surface area (Å²) >= 11 is 8.75. The van der Waals surface area contributed by atoms with Crippen LogP contribution in [0.5, 0.6) is 5.75 Å². The molecule has 2 rings (SSSR count). The highest BCUT2D eigenvalue weighted by molar-refractivity contribution is 9.08. The van der Waals surface area contributed by atoms with E-state index in [-0.39, 0.29) is 16.6 Å². The predicted octanol–water partition coefficient (Wildman–Crippen LogP) is 4.32. The van der Waals surface area contributed by atoms with Gasteiger partial charge in [0, 0.05) is 17.7 Å². The molecule has 0 atom stereocenters. The number of ether oxygens (including phenoxy) is 1. The molecule has 116 valence electrons. The second-order valence-corrected chi connectivity index (χ2v) is 4.94. The molecule has 0 aliphatic rings. The average molecular weight is 396 g/mol. The van der Waals surface area contributed by atoms with E-state index in [0.29, 0.717) is 0 Å². The zero-order chi connectivity index (χ0) is 16.3. The summed E-state index contributed by atoms with van der Waals surface area (Å²) in [6, 6.07) is 0.976. The standard InChI is InChI=1S/C13H7BrClF3N2O2/c14-4-6-3-7(12(17)18)11(10(16)9(6)15)22-13(21)8-5-19-1-2-20-8/h1-3,5,12H,4H2. The quantitative estimate of drug-likeness (QED) is 0.439. The molecule has 0 amide bonds. The molecule has 0 saturated heterocycles. The lowest BCUT2D eigenvalue weighted by molar-refractivity contribution is 0.0708. The molecule has 1 aromatic carbocycles. The van der Waals surface area contributed by atoms with Gasteiger partial charge < -0.3 is 4.74 Å². The van der Waals surface area contributed by atoms with E-state index in [0.717, 1.165) is 12.3 Å². The summed E-state index contributed by atoms with van der Waals surface area (Å²) < 4.78 is 45.0. The lowest BCUT2D eigenvalue weighted by Crippen LogP contribution is -2.13. The Kier molecular flexibility index (Phi) is 5.36. The van der Waals surface area contributed by atoms with Crippen LogP contribution in [-0.4, -0.2) is 15.9 Å². The number of carbonyl (C=O) groups is 1. The third-order valence-electron chi connectivity index (χ3n) is 2.61. The van der Waals surface area contributed by atoms with Crippen molar-refractivity contribution >= 4 is 33.5 Å². The van der Waals surface area contributed by atoms with Crippen LogP contribution in [0, 0.1) is 5.82 Å². The molecule has 0 radical (unpaired) electrons. The fraction of sp³-hybridized carbons (Fsp3) is 0.154. The minimum Gasteiger partial charge on any atom is -0.418 e. The Labute approximate surface area is 136 Å². The van der Waals surface area contributed by atoms with Gasteiger partial charge in [0.2, 0.25) is 0 Å². The summed E-state index contributed by atoms with van der Waals surface area (Å²) in [6.07, 6.45) is 0.539. The number of halogens is 5. The molecule has 0 N–H and O–H groups in total. The maximum atomic E-state index is 14.1. The number of benzene rings is 1. The highest BCUT2D eigenvalue weighted by Crippen LogP contribution is 2.38. The number of carbonyl (C=O) groups excluding carboxylic acids is 1. The molecule has 22 heavy (non-hydrogen) atoms. The summed E-state index contributed by atoms with van der Waals surface area (Å²) in [5.74, 6) is -3.26. The van der Waals surface area contributed by atoms with Crippen LogP contribution in [-0.2, 0) is 5.33 Å². The maximum Gasteiger partial charge on any atom is 0.364 e. The first-order valence-corrected chi connectivity index (χ1v) is 7.28. The van der Waals surface area contributed by atoms with Crippen LogP contribution >= 0.6 is 27.5 Å². The fourth-order valence-corrected chi connectivity index (χ4v) is 2.41. The summed E-state index contributed by atoms with van der Waals surface area (Å²) in [5.41, 5.74) is -0.898. The Balaban J connectivity index is 2.46. The minimum atomic E-state index is -3.05. The van der Waals surface area contributed by atoms with Crippen molar-refractivity contribution in [3.63, 3.8) is 0 Å². The Morgan fingerprint density at radius 3 is 2.68 bits per heavy atom. The van der Waals surface area contributed by atoms with Crippen LogP contribution in [0.1, 0.15) is 28.0 Å². The number of hydrogen-bond donors (Lipinski definition) is 0. The Bertz CT molecular complexity index is 701. The number of rotatable bonds is 4. The molecule has 0 unspecified atom stereocenters. The monoisotopic (exact) mass is 394 g/mol. The van der Waals surface area contributed by atoms with Gasteiger partial charge in [-0.15, -0.1) is 0 Å². The number of esters is 1. The highest BCUT2D eigenvalue weighted by Gasteiger charge is 2.26. The largest absolute Gasteiger partial charge is 0.418 e. The topological polar surface area (TPSA) is 52.1 Å². The summed E-state index contributed by atoms with van der Waals surface area (Å²) in [7, 11) is 0. The van der Waals surface area contributed by atoms with Gasteiger partial charge in [0.05, 0.1) is 16.8 Å². The Morgan fingerprint density at radius 2 is 2.14 bits per heavy atom. The van der Waals surface area contributed by atoms with Gasteiger partial charge >= 0.3 is 5.97 Å².